The van der Waals surface area contributed by atoms with Gasteiger partial charge in [-0.2, -0.15) is 4.57 Å². The molecule has 1 heterocycles. The van der Waals surface area contributed by atoms with Gasteiger partial charge < -0.3 is 14.8 Å². The number of anilines is 1. The summed E-state index contributed by atoms with van der Waals surface area (Å²) in [5, 5.41) is 2.85. The Kier molecular flexibility index (Phi) is 5.36. The van der Waals surface area contributed by atoms with Crippen molar-refractivity contribution in [3.63, 3.8) is 0 Å². The average Bonchev–Trinajstić information content (AvgIpc) is 2.55. The number of carbonyl (C=O) groups excluding carboxylic acids is 1. The molecule has 0 aliphatic heterocycles. The predicted molar refractivity (Wildman–Crippen MR) is 84.2 cm³/mol. The van der Waals surface area contributed by atoms with Crippen LogP contribution in [-0.2, 0) is 17.8 Å². The second kappa shape index (κ2) is 7.45. The topological polar surface area (TPSA) is 51.4 Å². The van der Waals surface area contributed by atoms with E-state index in [4.69, 9.17) is 9.47 Å². The van der Waals surface area contributed by atoms with E-state index in [0.29, 0.717) is 17.2 Å². The Bertz CT molecular complexity index is 639. The van der Waals surface area contributed by atoms with Crippen LogP contribution in [-0.4, -0.2) is 20.1 Å². The van der Waals surface area contributed by atoms with E-state index in [-0.39, 0.29) is 12.5 Å². The van der Waals surface area contributed by atoms with Crippen LogP contribution in [0.1, 0.15) is 12.5 Å². The van der Waals surface area contributed by atoms with Crippen LogP contribution in [0.4, 0.5) is 5.69 Å². The largest absolute Gasteiger partial charge is 0.497 e. The molecule has 2 rings (SSSR count). The first-order valence-electron chi connectivity index (χ1n) is 7.16. The number of nitrogens with one attached hydrogen (secondary N) is 1. The van der Waals surface area contributed by atoms with E-state index < -0.39 is 0 Å². The Labute approximate surface area is 130 Å². The molecular weight excluding hydrogens is 280 g/mol. The van der Waals surface area contributed by atoms with Gasteiger partial charge in [-0.05, 0) is 24.1 Å². The third-order valence-corrected chi connectivity index (χ3v) is 3.38. The summed E-state index contributed by atoms with van der Waals surface area (Å²) < 4.78 is 12.2. The van der Waals surface area contributed by atoms with E-state index in [9.17, 15) is 4.79 Å². The van der Waals surface area contributed by atoms with Crippen molar-refractivity contribution in [3.8, 4) is 11.5 Å². The first-order valence-corrected chi connectivity index (χ1v) is 7.16. The van der Waals surface area contributed by atoms with Crippen LogP contribution in [0.5, 0.6) is 11.5 Å². The zero-order valence-corrected chi connectivity index (χ0v) is 13.1. The second-order valence-corrected chi connectivity index (χ2v) is 4.85. The summed E-state index contributed by atoms with van der Waals surface area (Å²) in [5.74, 6) is 1.14. The summed E-state index contributed by atoms with van der Waals surface area (Å²) in [5.41, 5.74) is 1.87. The van der Waals surface area contributed by atoms with Crippen molar-refractivity contribution >= 4 is 11.6 Å². The van der Waals surface area contributed by atoms with Crippen molar-refractivity contribution in [1.82, 2.24) is 0 Å². The summed E-state index contributed by atoms with van der Waals surface area (Å²) >= 11 is 0. The van der Waals surface area contributed by atoms with Gasteiger partial charge in [0.1, 0.15) is 11.5 Å². The van der Waals surface area contributed by atoms with Gasteiger partial charge in [0.15, 0.2) is 12.4 Å². The highest BCUT2D eigenvalue weighted by Crippen LogP contribution is 2.28. The van der Waals surface area contributed by atoms with Gasteiger partial charge >= 0.3 is 0 Å². The molecular formula is C17H21N2O3+. The quantitative estimate of drug-likeness (QED) is 0.832. The highest BCUT2D eigenvalue weighted by atomic mass is 16.5. The van der Waals surface area contributed by atoms with Crippen molar-refractivity contribution in [3.05, 3.63) is 48.3 Å². The maximum atomic E-state index is 12.1. The number of aromatic nitrogens is 1. The third-order valence-electron chi connectivity index (χ3n) is 3.38. The standard InChI is InChI=1S/C17H20N2O3/c1-4-13-7-9-19(10-8-13)12-17(20)18-15-6-5-14(21-2)11-16(15)22-3/h5-11H,4,12H2,1-3H3/p+1. The minimum atomic E-state index is -0.113. The molecule has 1 amide bonds. The Morgan fingerprint density at radius 1 is 1.14 bits per heavy atom. The summed E-state index contributed by atoms with van der Waals surface area (Å²) in [4.78, 5) is 12.1. The molecule has 1 aromatic heterocycles. The molecule has 5 nitrogen and oxygen atoms in total. The van der Waals surface area contributed by atoms with E-state index in [2.05, 4.69) is 12.2 Å². The fraction of sp³-hybridized carbons (Fsp3) is 0.294. The van der Waals surface area contributed by atoms with Gasteiger partial charge in [-0.1, -0.05) is 6.92 Å². The maximum Gasteiger partial charge on any atom is 0.290 e. The molecule has 116 valence electrons. The summed E-state index contributed by atoms with van der Waals surface area (Å²) in [6, 6.07) is 9.31. The first kappa shape index (κ1) is 15.8. The van der Waals surface area contributed by atoms with E-state index in [1.54, 1.807) is 32.4 Å². The Morgan fingerprint density at radius 2 is 1.86 bits per heavy atom. The predicted octanol–water partition coefficient (Wildman–Crippen LogP) is 2.19. The molecule has 0 fully saturated rings. The van der Waals surface area contributed by atoms with E-state index in [1.165, 1.54) is 5.56 Å². The summed E-state index contributed by atoms with van der Waals surface area (Å²) in [6.07, 6.45) is 4.80. The van der Waals surface area contributed by atoms with Crippen LogP contribution in [0.2, 0.25) is 0 Å². The van der Waals surface area contributed by atoms with Crippen LogP contribution in [0, 0.1) is 0 Å². The molecule has 0 atom stereocenters. The van der Waals surface area contributed by atoms with Crippen molar-refractivity contribution in [1.29, 1.82) is 0 Å². The minimum Gasteiger partial charge on any atom is -0.497 e. The maximum absolute atomic E-state index is 12.1. The highest BCUT2D eigenvalue weighted by Gasteiger charge is 2.12. The molecule has 2 aromatic rings. The average molecular weight is 301 g/mol. The van der Waals surface area contributed by atoms with Crippen molar-refractivity contribution in [2.45, 2.75) is 19.9 Å². The number of hydrogen-bond donors (Lipinski definition) is 1. The molecule has 0 unspecified atom stereocenters. The molecule has 1 aromatic carbocycles. The number of ether oxygens (including phenoxy) is 2. The van der Waals surface area contributed by atoms with Gasteiger partial charge in [0.05, 0.1) is 19.9 Å². The van der Waals surface area contributed by atoms with Crippen LogP contribution < -0.4 is 19.4 Å². The van der Waals surface area contributed by atoms with Crippen LogP contribution >= 0.6 is 0 Å². The number of aryl methyl sites for hydroxylation is 1. The summed E-state index contributed by atoms with van der Waals surface area (Å²) in [6.45, 7) is 2.35. The van der Waals surface area contributed by atoms with Crippen molar-refractivity contribution in [2.24, 2.45) is 0 Å². The number of nitrogens with zero attached hydrogens (tertiary/aromatic N) is 1. The summed E-state index contributed by atoms with van der Waals surface area (Å²) in [7, 11) is 3.15. The number of amides is 1. The molecule has 0 saturated carbocycles. The number of hydrogen-bond acceptors (Lipinski definition) is 3. The number of pyridine rings is 1. The molecule has 22 heavy (non-hydrogen) atoms. The number of benzene rings is 1. The number of carbonyl (C=O) groups is 1. The smallest absolute Gasteiger partial charge is 0.290 e. The molecule has 0 saturated heterocycles. The van der Waals surface area contributed by atoms with Gasteiger partial charge in [0, 0.05) is 18.2 Å². The monoisotopic (exact) mass is 301 g/mol. The molecule has 0 spiro atoms. The Balaban J connectivity index is 2.04. The Morgan fingerprint density at radius 3 is 2.45 bits per heavy atom. The number of methoxy groups -OCH3 is 2. The van der Waals surface area contributed by atoms with Gasteiger partial charge in [0.25, 0.3) is 5.91 Å². The lowest BCUT2D eigenvalue weighted by Crippen LogP contribution is -2.39. The van der Waals surface area contributed by atoms with Crippen molar-refractivity contribution < 1.29 is 18.8 Å². The zero-order chi connectivity index (χ0) is 15.9. The highest BCUT2D eigenvalue weighted by molar-refractivity contribution is 5.91. The SMILES string of the molecule is CCc1cc[n+](CC(=O)Nc2ccc(OC)cc2OC)cc1. The lowest BCUT2D eigenvalue weighted by Gasteiger charge is -2.10. The van der Waals surface area contributed by atoms with Gasteiger partial charge in [-0.3, -0.25) is 4.79 Å². The zero-order valence-electron chi connectivity index (χ0n) is 13.1. The fourth-order valence-corrected chi connectivity index (χ4v) is 2.09. The molecule has 0 bridgehead atoms. The molecule has 1 N–H and O–H groups in total. The Hall–Kier alpha value is -2.56. The van der Waals surface area contributed by atoms with Crippen molar-refractivity contribution in [2.75, 3.05) is 19.5 Å². The van der Waals surface area contributed by atoms with E-state index >= 15 is 0 Å². The van der Waals surface area contributed by atoms with E-state index in [1.807, 2.05) is 29.1 Å². The van der Waals surface area contributed by atoms with Gasteiger partial charge in [-0.15, -0.1) is 0 Å². The molecule has 0 aliphatic rings. The lowest BCUT2D eigenvalue weighted by atomic mass is 10.2. The van der Waals surface area contributed by atoms with Crippen LogP contribution in [0.15, 0.2) is 42.7 Å². The normalized spacial score (nSPS) is 10.1. The first-order chi connectivity index (χ1) is 10.7. The molecule has 0 aliphatic carbocycles. The fourth-order valence-electron chi connectivity index (χ4n) is 2.09. The van der Waals surface area contributed by atoms with Gasteiger partial charge in [0.2, 0.25) is 6.54 Å². The van der Waals surface area contributed by atoms with E-state index in [0.717, 1.165) is 6.42 Å². The molecule has 0 radical (unpaired) electrons. The van der Waals surface area contributed by atoms with Crippen LogP contribution in [0.3, 0.4) is 0 Å². The minimum absolute atomic E-state index is 0.113. The number of rotatable bonds is 6. The van der Waals surface area contributed by atoms with Crippen LogP contribution in [0.25, 0.3) is 0 Å². The lowest BCUT2D eigenvalue weighted by molar-refractivity contribution is -0.684. The second-order valence-electron chi connectivity index (χ2n) is 4.85. The molecule has 5 heteroatoms. The van der Waals surface area contributed by atoms with Gasteiger partial charge in [-0.25, -0.2) is 0 Å². The third kappa shape index (κ3) is 3.97.